The number of nitrogens with zero attached hydrogens (tertiary/aromatic N) is 2. The molecule has 0 aliphatic rings. The molecule has 0 aliphatic heterocycles. The van der Waals surface area contributed by atoms with Gasteiger partial charge in [-0.15, -0.1) is 16.5 Å². The lowest BCUT2D eigenvalue weighted by Gasteiger charge is -2.11. The molecule has 3 N–H and O–H groups in total. The van der Waals surface area contributed by atoms with Crippen LogP contribution in [0.4, 0.5) is 4.79 Å². The second kappa shape index (κ2) is 6.81. The van der Waals surface area contributed by atoms with Crippen molar-refractivity contribution in [3.05, 3.63) is 4.91 Å². The van der Waals surface area contributed by atoms with Gasteiger partial charge in [0.1, 0.15) is 0 Å². The molecular formula is C5H11ClN4O2. The van der Waals surface area contributed by atoms with E-state index in [2.05, 4.69) is 10.6 Å². The van der Waals surface area contributed by atoms with Gasteiger partial charge in [-0.1, -0.05) is 0 Å². The molecule has 0 spiro atoms. The number of carbonyl (C=O) groups is 1. The Morgan fingerprint density at radius 2 is 2.33 bits per heavy atom. The molecule has 6 nitrogen and oxygen atoms in total. The Labute approximate surface area is 75.0 Å². The summed E-state index contributed by atoms with van der Waals surface area (Å²) in [5.41, 5.74) is 5.12. The summed E-state index contributed by atoms with van der Waals surface area (Å²) < 4.78 is 0. The van der Waals surface area contributed by atoms with Gasteiger partial charge in [0, 0.05) is 19.0 Å². The largest absolute Gasteiger partial charge is 0.340 e. The molecule has 0 aromatic carbocycles. The SMILES string of the molecule is NCCNC(=O)N(CCCl)N=O. The number of hydrogen-bond acceptors (Lipinski definition) is 4. The molecule has 0 heterocycles. The van der Waals surface area contributed by atoms with Crippen molar-refractivity contribution in [2.75, 3.05) is 25.5 Å². The van der Waals surface area contributed by atoms with Crippen molar-refractivity contribution in [1.29, 1.82) is 0 Å². The first-order valence-electron chi connectivity index (χ1n) is 3.41. The second-order valence-corrected chi connectivity index (χ2v) is 2.29. The zero-order valence-electron chi connectivity index (χ0n) is 6.49. The average Bonchev–Trinajstić information content (AvgIpc) is 2.10. The van der Waals surface area contributed by atoms with Crippen LogP contribution < -0.4 is 11.1 Å². The monoisotopic (exact) mass is 194 g/mol. The van der Waals surface area contributed by atoms with Gasteiger partial charge in [-0.3, -0.25) is 0 Å². The predicted octanol–water partition coefficient (Wildman–Crippen LogP) is -0.123. The van der Waals surface area contributed by atoms with E-state index in [1.807, 2.05) is 0 Å². The Kier molecular flexibility index (Phi) is 6.31. The maximum atomic E-state index is 10.9. The van der Waals surface area contributed by atoms with Gasteiger partial charge >= 0.3 is 6.03 Å². The standard InChI is InChI=1S/C5H11ClN4O2/c6-1-4-10(9-12)5(11)8-3-2-7/h1-4,7H2,(H,8,11). The van der Waals surface area contributed by atoms with Crippen LogP contribution in [-0.2, 0) is 0 Å². The molecule has 0 saturated carbocycles. The molecular weight excluding hydrogens is 184 g/mol. The summed E-state index contributed by atoms with van der Waals surface area (Å²) in [6, 6.07) is -0.573. The fraction of sp³-hybridized carbons (Fsp3) is 0.800. The molecule has 0 bridgehead atoms. The number of amides is 2. The Balaban J connectivity index is 3.77. The van der Waals surface area contributed by atoms with Crippen LogP contribution in [-0.4, -0.2) is 36.6 Å². The van der Waals surface area contributed by atoms with Crippen molar-refractivity contribution in [3.63, 3.8) is 0 Å². The first kappa shape index (κ1) is 11.1. The van der Waals surface area contributed by atoms with E-state index in [1.54, 1.807) is 0 Å². The van der Waals surface area contributed by atoms with Gasteiger partial charge in [0.15, 0.2) is 0 Å². The first-order valence-corrected chi connectivity index (χ1v) is 3.94. The third-order valence-electron chi connectivity index (χ3n) is 1.05. The molecule has 2 amide bonds. The normalized spacial score (nSPS) is 9.17. The number of halogens is 1. The fourth-order valence-corrected chi connectivity index (χ4v) is 0.690. The summed E-state index contributed by atoms with van der Waals surface area (Å²) in [6.45, 7) is 0.730. The molecule has 0 fully saturated rings. The summed E-state index contributed by atoms with van der Waals surface area (Å²) in [4.78, 5) is 21.0. The maximum absolute atomic E-state index is 10.9. The number of nitrogens with two attached hydrogens (primary N) is 1. The number of alkyl halides is 1. The van der Waals surface area contributed by atoms with E-state index in [9.17, 15) is 9.70 Å². The topological polar surface area (TPSA) is 87.8 Å². The van der Waals surface area contributed by atoms with Crippen molar-refractivity contribution in [2.45, 2.75) is 0 Å². The number of nitrogens with one attached hydrogen (secondary N) is 1. The summed E-state index contributed by atoms with van der Waals surface area (Å²) in [5.74, 6) is 0.168. The smallest absolute Gasteiger partial charge is 0.335 e. The highest BCUT2D eigenvalue weighted by molar-refractivity contribution is 6.18. The van der Waals surface area contributed by atoms with Crippen LogP contribution in [0.15, 0.2) is 5.29 Å². The van der Waals surface area contributed by atoms with Crippen LogP contribution in [0.1, 0.15) is 0 Å². The van der Waals surface area contributed by atoms with Gasteiger partial charge < -0.3 is 11.1 Å². The minimum atomic E-state index is -0.573. The van der Waals surface area contributed by atoms with Gasteiger partial charge in [0.05, 0.1) is 11.8 Å². The third kappa shape index (κ3) is 4.09. The van der Waals surface area contributed by atoms with Crippen molar-refractivity contribution in [2.24, 2.45) is 11.0 Å². The van der Waals surface area contributed by atoms with Gasteiger partial charge in [-0.2, -0.15) is 5.01 Å². The lowest BCUT2D eigenvalue weighted by molar-refractivity contribution is 0.202. The number of urea groups is 1. The molecule has 0 aromatic heterocycles. The van der Waals surface area contributed by atoms with Gasteiger partial charge in [-0.05, 0) is 0 Å². The van der Waals surface area contributed by atoms with Crippen LogP contribution >= 0.6 is 11.6 Å². The molecule has 7 heteroatoms. The molecule has 0 rings (SSSR count). The Morgan fingerprint density at radius 1 is 1.67 bits per heavy atom. The van der Waals surface area contributed by atoms with E-state index < -0.39 is 6.03 Å². The van der Waals surface area contributed by atoms with Crippen molar-refractivity contribution < 1.29 is 4.79 Å². The zero-order valence-corrected chi connectivity index (χ0v) is 7.25. The van der Waals surface area contributed by atoms with Crippen LogP contribution in [0, 0.1) is 4.91 Å². The molecule has 0 saturated heterocycles. The molecule has 0 radical (unpaired) electrons. The van der Waals surface area contributed by atoms with E-state index in [4.69, 9.17) is 17.3 Å². The third-order valence-corrected chi connectivity index (χ3v) is 1.22. The lowest BCUT2D eigenvalue weighted by Crippen LogP contribution is -2.39. The van der Waals surface area contributed by atoms with E-state index in [-0.39, 0.29) is 12.4 Å². The number of hydrogen-bond donors (Lipinski definition) is 2. The molecule has 12 heavy (non-hydrogen) atoms. The summed E-state index contributed by atoms with van der Waals surface area (Å²) in [5, 5.41) is 5.57. The molecule has 0 unspecified atom stereocenters. The summed E-state index contributed by atoms with van der Waals surface area (Å²) in [6.07, 6.45) is 0. The highest BCUT2D eigenvalue weighted by Gasteiger charge is 2.11. The van der Waals surface area contributed by atoms with E-state index in [0.29, 0.717) is 18.1 Å². The maximum Gasteiger partial charge on any atom is 0.340 e. The zero-order chi connectivity index (χ0) is 9.40. The predicted molar refractivity (Wildman–Crippen MR) is 45.7 cm³/mol. The average molecular weight is 195 g/mol. The highest BCUT2D eigenvalue weighted by atomic mass is 35.5. The van der Waals surface area contributed by atoms with Crippen molar-refractivity contribution >= 4 is 17.6 Å². The summed E-state index contributed by atoms with van der Waals surface area (Å²) >= 11 is 5.31. The number of carbonyl (C=O) groups excluding carboxylic acids is 1. The van der Waals surface area contributed by atoms with Crippen molar-refractivity contribution in [1.82, 2.24) is 10.3 Å². The Bertz CT molecular complexity index is 154. The van der Waals surface area contributed by atoms with Crippen LogP contribution in [0.3, 0.4) is 0 Å². The van der Waals surface area contributed by atoms with Crippen LogP contribution in [0.2, 0.25) is 0 Å². The number of nitroso groups, excluding NO2 is 1. The molecule has 70 valence electrons. The van der Waals surface area contributed by atoms with Gasteiger partial charge in [0.25, 0.3) is 0 Å². The minimum Gasteiger partial charge on any atom is -0.335 e. The van der Waals surface area contributed by atoms with E-state index >= 15 is 0 Å². The second-order valence-electron chi connectivity index (χ2n) is 1.91. The minimum absolute atomic E-state index is 0.0987. The summed E-state index contributed by atoms with van der Waals surface area (Å²) in [7, 11) is 0. The fourth-order valence-electron chi connectivity index (χ4n) is 0.530. The van der Waals surface area contributed by atoms with Gasteiger partial charge in [-0.25, -0.2) is 4.79 Å². The quantitative estimate of drug-likeness (QED) is 0.363. The molecule has 0 aromatic rings. The van der Waals surface area contributed by atoms with E-state index in [1.165, 1.54) is 0 Å². The molecule has 0 atom stereocenters. The highest BCUT2D eigenvalue weighted by Crippen LogP contribution is 1.90. The van der Waals surface area contributed by atoms with Crippen LogP contribution in [0.25, 0.3) is 0 Å². The molecule has 0 aliphatic carbocycles. The van der Waals surface area contributed by atoms with Crippen molar-refractivity contribution in [3.8, 4) is 0 Å². The first-order chi connectivity index (χ1) is 5.76. The lowest BCUT2D eigenvalue weighted by atomic mass is 10.6. The Morgan fingerprint density at radius 3 is 2.75 bits per heavy atom. The van der Waals surface area contributed by atoms with Gasteiger partial charge in [0.2, 0.25) is 0 Å². The van der Waals surface area contributed by atoms with E-state index in [0.717, 1.165) is 0 Å². The number of rotatable bonds is 5. The Hall–Kier alpha value is -0.880. The van der Waals surface area contributed by atoms with Crippen LogP contribution in [0.5, 0.6) is 0 Å².